The Balaban J connectivity index is 1.68. The lowest BCUT2D eigenvalue weighted by molar-refractivity contribution is 0.259. The molecule has 0 spiro atoms. The van der Waals surface area contributed by atoms with Gasteiger partial charge in [0.05, 0.1) is 6.61 Å². The van der Waals surface area contributed by atoms with Gasteiger partial charge in [-0.2, -0.15) is 0 Å². The van der Waals surface area contributed by atoms with Gasteiger partial charge in [-0.05, 0) is 38.1 Å². The summed E-state index contributed by atoms with van der Waals surface area (Å²) in [6, 6.07) is 16.2. The molecule has 2 aromatic carbocycles. The Morgan fingerprint density at radius 3 is 2.67 bits per heavy atom. The number of ether oxygens (including phenoxy) is 1. The van der Waals surface area contributed by atoms with E-state index in [1.165, 1.54) is 11.1 Å². The van der Waals surface area contributed by atoms with Crippen LogP contribution in [0.5, 0.6) is 5.75 Å². The van der Waals surface area contributed by atoms with Crippen molar-refractivity contribution in [2.75, 3.05) is 25.9 Å². The molecule has 3 heteroatoms. The summed E-state index contributed by atoms with van der Waals surface area (Å²) in [5, 5.41) is 0. The maximum atomic E-state index is 5.72. The Morgan fingerprint density at radius 2 is 1.90 bits per heavy atom. The molecule has 0 aliphatic rings. The van der Waals surface area contributed by atoms with Crippen molar-refractivity contribution < 1.29 is 4.74 Å². The number of hydrogen-bond acceptors (Lipinski definition) is 3. The first kappa shape index (κ1) is 15.4. The highest BCUT2D eigenvalue weighted by Crippen LogP contribution is 2.14. The second kappa shape index (κ2) is 7.70. The number of nitrogen functional groups attached to an aromatic ring is 1. The summed E-state index contributed by atoms with van der Waals surface area (Å²) in [5.74, 6) is 0.844. The summed E-state index contributed by atoms with van der Waals surface area (Å²) >= 11 is 0. The number of rotatable bonds is 7. The standard InChI is InChI=1S/C18H24N2O/c1-15-6-3-7-16(12-15)14-20(2)10-5-11-21-18-9-4-8-17(19)13-18/h3-4,6-9,12-13H,5,10-11,14,19H2,1-2H3. The normalized spacial score (nSPS) is 10.8. The van der Waals surface area contributed by atoms with Gasteiger partial charge in [-0.15, -0.1) is 0 Å². The Labute approximate surface area is 127 Å². The highest BCUT2D eigenvalue weighted by Gasteiger charge is 2.01. The van der Waals surface area contributed by atoms with Gasteiger partial charge >= 0.3 is 0 Å². The highest BCUT2D eigenvalue weighted by molar-refractivity contribution is 5.43. The fourth-order valence-corrected chi connectivity index (χ4v) is 2.33. The monoisotopic (exact) mass is 284 g/mol. The van der Waals surface area contributed by atoms with E-state index in [1.54, 1.807) is 0 Å². The van der Waals surface area contributed by atoms with Crippen molar-refractivity contribution in [3.8, 4) is 5.75 Å². The van der Waals surface area contributed by atoms with Gasteiger partial charge in [0.1, 0.15) is 5.75 Å². The number of nitrogens with two attached hydrogens (primary N) is 1. The van der Waals surface area contributed by atoms with Gasteiger partial charge in [0, 0.05) is 24.8 Å². The minimum absolute atomic E-state index is 0.710. The van der Waals surface area contributed by atoms with Crippen LogP contribution in [-0.4, -0.2) is 25.1 Å². The molecule has 0 heterocycles. The van der Waals surface area contributed by atoms with Crippen LogP contribution in [0, 0.1) is 6.92 Å². The zero-order chi connectivity index (χ0) is 15.1. The Morgan fingerprint density at radius 1 is 1.10 bits per heavy atom. The van der Waals surface area contributed by atoms with Crippen LogP contribution in [-0.2, 0) is 6.54 Å². The van der Waals surface area contributed by atoms with Crippen molar-refractivity contribution in [3.05, 3.63) is 59.7 Å². The van der Waals surface area contributed by atoms with Crippen molar-refractivity contribution in [2.45, 2.75) is 19.9 Å². The molecule has 0 bridgehead atoms. The van der Waals surface area contributed by atoms with Crippen LogP contribution < -0.4 is 10.5 Å². The number of anilines is 1. The average molecular weight is 284 g/mol. The average Bonchev–Trinajstić information content (AvgIpc) is 2.44. The molecule has 0 radical (unpaired) electrons. The van der Waals surface area contributed by atoms with E-state index in [1.807, 2.05) is 24.3 Å². The molecule has 2 rings (SSSR count). The summed E-state index contributed by atoms with van der Waals surface area (Å²) < 4.78 is 5.70. The molecule has 0 amide bonds. The van der Waals surface area contributed by atoms with Gasteiger partial charge in [0.25, 0.3) is 0 Å². The zero-order valence-electron chi connectivity index (χ0n) is 12.9. The Kier molecular flexibility index (Phi) is 5.64. The molecule has 0 aliphatic carbocycles. The van der Waals surface area contributed by atoms with Crippen LogP contribution in [0.1, 0.15) is 17.5 Å². The predicted octanol–water partition coefficient (Wildman–Crippen LogP) is 3.48. The van der Waals surface area contributed by atoms with Gasteiger partial charge in [0.2, 0.25) is 0 Å². The largest absolute Gasteiger partial charge is 0.493 e. The summed E-state index contributed by atoms with van der Waals surface area (Å²) in [6.07, 6.45) is 0.997. The molecular weight excluding hydrogens is 260 g/mol. The van der Waals surface area contributed by atoms with Crippen molar-refractivity contribution in [1.82, 2.24) is 4.90 Å². The molecule has 0 unspecified atom stereocenters. The maximum Gasteiger partial charge on any atom is 0.121 e. The molecule has 0 aliphatic heterocycles. The summed E-state index contributed by atoms with van der Waals surface area (Å²) in [5.41, 5.74) is 9.13. The molecule has 0 aromatic heterocycles. The SMILES string of the molecule is Cc1cccc(CN(C)CCCOc2cccc(N)c2)c1. The fourth-order valence-electron chi connectivity index (χ4n) is 2.33. The van der Waals surface area contributed by atoms with Crippen molar-refractivity contribution in [1.29, 1.82) is 0 Å². The molecule has 0 saturated carbocycles. The molecule has 0 fully saturated rings. The molecule has 112 valence electrons. The lowest BCUT2D eigenvalue weighted by Gasteiger charge is -2.17. The third-order valence-corrected chi connectivity index (χ3v) is 3.35. The lowest BCUT2D eigenvalue weighted by Crippen LogP contribution is -2.20. The van der Waals surface area contributed by atoms with E-state index in [2.05, 4.69) is 43.1 Å². The summed E-state index contributed by atoms with van der Waals surface area (Å²) in [7, 11) is 2.14. The van der Waals surface area contributed by atoms with E-state index in [-0.39, 0.29) is 0 Å². The van der Waals surface area contributed by atoms with Gasteiger partial charge in [0.15, 0.2) is 0 Å². The number of benzene rings is 2. The third kappa shape index (κ3) is 5.48. The van der Waals surface area contributed by atoms with Crippen LogP contribution in [0.4, 0.5) is 5.69 Å². The maximum absolute atomic E-state index is 5.72. The molecule has 0 saturated heterocycles. The predicted molar refractivity (Wildman–Crippen MR) is 88.5 cm³/mol. The van der Waals surface area contributed by atoms with E-state index < -0.39 is 0 Å². The topological polar surface area (TPSA) is 38.5 Å². The van der Waals surface area contributed by atoms with Crippen LogP contribution in [0.2, 0.25) is 0 Å². The Hall–Kier alpha value is -2.00. The van der Waals surface area contributed by atoms with Gasteiger partial charge in [-0.3, -0.25) is 0 Å². The molecule has 3 nitrogen and oxygen atoms in total. The van der Waals surface area contributed by atoms with E-state index in [0.717, 1.165) is 30.9 Å². The number of aryl methyl sites for hydroxylation is 1. The minimum Gasteiger partial charge on any atom is -0.493 e. The number of hydrogen-bond donors (Lipinski definition) is 1. The first-order chi connectivity index (χ1) is 10.1. The van der Waals surface area contributed by atoms with Crippen LogP contribution >= 0.6 is 0 Å². The second-order valence-electron chi connectivity index (χ2n) is 5.50. The van der Waals surface area contributed by atoms with E-state index in [4.69, 9.17) is 10.5 Å². The highest BCUT2D eigenvalue weighted by atomic mass is 16.5. The van der Waals surface area contributed by atoms with Crippen LogP contribution in [0.25, 0.3) is 0 Å². The molecule has 2 N–H and O–H groups in total. The van der Waals surface area contributed by atoms with Gasteiger partial charge in [-0.25, -0.2) is 0 Å². The molecule has 2 aromatic rings. The van der Waals surface area contributed by atoms with Crippen molar-refractivity contribution >= 4 is 5.69 Å². The summed E-state index contributed by atoms with van der Waals surface area (Å²) in [6.45, 7) is 4.82. The zero-order valence-corrected chi connectivity index (χ0v) is 12.9. The van der Waals surface area contributed by atoms with E-state index in [0.29, 0.717) is 6.61 Å². The van der Waals surface area contributed by atoms with Crippen LogP contribution in [0.3, 0.4) is 0 Å². The quantitative estimate of drug-likeness (QED) is 0.625. The van der Waals surface area contributed by atoms with Crippen molar-refractivity contribution in [3.63, 3.8) is 0 Å². The minimum atomic E-state index is 0.710. The molecule has 21 heavy (non-hydrogen) atoms. The van der Waals surface area contributed by atoms with Crippen LogP contribution in [0.15, 0.2) is 48.5 Å². The van der Waals surface area contributed by atoms with Crippen molar-refractivity contribution in [2.24, 2.45) is 0 Å². The molecular formula is C18H24N2O. The fraction of sp³-hybridized carbons (Fsp3) is 0.333. The van der Waals surface area contributed by atoms with E-state index >= 15 is 0 Å². The smallest absolute Gasteiger partial charge is 0.121 e. The summed E-state index contributed by atoms with van der Waals surface area (Å²) in [4.78, 5) is 2.32. The number of nitrogens with zero attached hydrogens (tertiary/aromatic N) is 1. The van der Waals surface area contributed by atoms with E-state index in [9.17, 15) is 0 Å². The van der Waals surface area contributed by atoms with Gasteiger partial charge < -0.3 is 15.4 Å². The lowest BCUT2D eigenvalue weighted by atomic mass is 10.1. The molecule has 0 atom stereocenters. The first-order valence-corrected chi connectivity index (χ1v) is 7.36. The Bertz CT molecular complexity index is 569. The second-order valence-corrected chi connectivity index (χ2v) is 5.50. The third-order valence-electron chi connectivity index (χ3n) is 3.35. The van der Waals surface area contributed by atoms with Gasteiger partial charge in [-0.1, -0.05) is 35.9 Å². The first-order valence-electron chi connectivity index (χ1n) is 7.36.